The average molecular weight is 1740 g/mol. The van der Waals surface area contributed by atoms with E-state index >= 15 is 0 Å². The summed E-state index contributed by atoms with van der Waals surface area (Å²) in [6.45, 7) is 24.9. The number of carboxylic acid groups (broad SMARTS) is 2. The minimum absolute atomic E-state index is 0. The fraction of sp³-hybridized carbons (Fsp3) is 0.660. The van der Waals surface area contributed by atoms with Crippen molar-refractivity contribution in [3.05, 3.63) is 144 Å². The van der Waals surface area contributed by atoms with Crippen LogP contribution >= 0.6 is 12.4 Å². The molecule has 20 rings (SSSR count). The lowest BCUT2D eigenvalue weighted by Crippen LogP contribution is -2.61. The molecule has 0 spiro atoms. The second kappa shape index (κ2) is 35.6. The van der Waals surface area contributed by atoms with Crippen LogP contribution in [0.1, 0.15) is 182 Å². The van der Waals surface area contributed by atoms with E-state index in [0.717, 1.165) is 99.4 Å². The van der Waals surface area contributed by atoms with Gasteiger partial charge in [0.15, 0.2) is 36.0 Å². The van der Waals surface area contributed by atoms with E-state index in [9.17, 15) is 24.3 Å². The lowest BCUT2D eigenvalue weighted by Gasteiger charge is -2.53. The van der Waals surface area contributed by atoms with Gasteiger partial charge in [-0.05, 0) is 274 Å². The van der Waals surface area contributed by atoms with Crippen molar-refractivity contribution in [2.75, 3.05) is 111 Å². The first-order valence-electron chi connectivity index (χ1n) is 45.3. The first-order valence-corrected chi connectivity index (χ1v) is 45.3. The zero-order valence-electron chi connectivity index (χ0n) is 77.4. The minimum atomic E-state index is -2.27. The van der Waals surface area contributed by atoms with E-state index in [2.05, 4.69) is 225 Å². The Morgan fingerprint density at radius 1 is 0.379 bits per heavy atom. The summed E-state index contributed by atoms with van der Waals surface area (Å²) < 4.78 is 54.8. The molecule has 15 aliphatic rings. The number of ketones is 2. The largest absolute Gasteiger partial charge is 0.486 e. The SMILES string of the molecule is COCCO[C@H]1CCC2[C@H](N(C)C)Cc3ccc(C)c4c3[C@@]2(C)[C@H]1O4.COCCO[C@H]1CCC2[C@H](N(C)C)Cc3ccc(C)c4c3[C@@]2(C)[C@H]1O4.Cc1ccc2c3c1O[C@H]1C(=O)CCC([C@H](N(C)C)C2)[C@@]31C.Cc1ccc2c3c1O[C@H]1C(=O)CCC([C@H](N(C)C)C2)[C@@]31C.Cc1ccc2c3c1O[C@H]1[C@@H](O)CCC([C@H](N(C)C)C2)[C@@]31C.Cl.O=C(O)C(O)C(O)C(=O)O. The number of carboxylic acids is 2. The number of carbonyl (C=O) groups is 4. The van der Waals surface area contributed by atoms with Gasteiger partial charge in [-0.15, -0.1) is 12.4 Å². The average Bonchev–Trinajstić information content (AvgIpc) is 1.48. The van der Waals surface area contributed by atoms with Crippen LogP contribution in [0, 0.1) is 64.2 Å². The van der Waals surface area contributed by atoms with Crippen LogP contribution < -0.4 is 23.7 Å². The van der Waals surface area contributed by atoms with Gasteiger partial charge >= 0.3 is 11.9 Å². The number of hydrogen-bond acceptors (Lipinski definition) is 21. The first-order chi connectivity index (χ1) is 58.2. The molecule has 5 heterocycles. The molecule has 0 saturated heterocycles. The number of benzene rings is 5. The highest BCUT2D eigenvalue weighted by Crippen LogP contribution is 2.65. The molecular weight excluding hydrogens is 1590 g/mol. The Bertz CT molecular complexity index is 4600. The normalized spacial score (nSPS) is 34.8. The maximum absolute atomic E-state index is 12.5. The van der Waals surface area contributed by atoms with Crippen LogP contribution in [0.3, 0.4) is 0 Å². The summed E-state index contributed by atoms with van der Waals surface area (Å²) in [4.78, 5) is 56.4. The summed E-state index contributed by atoms with van der Waals surface area (Å²) in [6, 6.07) is 25.0. The fourth-order valence-electron chi connectivity index (χ4n) is 26.8. The molecule has 5 N–H and O–H groups in total. The molecule has 0 bridgehead atoms. The highest BCUT2D eigenvalue weighted by molar-refractivity contribution is 5.90. The molecule has 0 radical (unpaired) electrons. The van der Waals surface area contributed by atoms with Crippen LogP contribution in [-0.4, -0.2) is 276 Å². The second-order valence-corrected chi connectivity index (χ2v) is 40.6. The number of aliphatic carboxylic acids is 2. The Hall–Kier alpha value is -6.81. The quantitative estimate of drug-likeness (QED) is 0.0575. The van der Waals surface area contributed by atoms with Gasteiger partial charge in [0.25, 0.3) is 0 Å². The van der Waals surface area contributed by atoms with Gasteiger partial charge in [-0.25, -0.2) is 9.59 Å². The molecule has 0 amide bonds. The van der Waals surface area contributed by atoms with Crippen LogP contribution in [0.5, 0.6) is 28.7 Å². The number of halogens is 1. The molecule has 124 heavy (non-hydrogen) atoms. The minimum Gasteiger partial charge on any atom is -0.486 e. The van der Waals surface area contributed by atoms with Gasteiger partial charge in [0.1, 0.15) is 47.1 Å². The molecule has 5 saturated carbocycles. The molecule has 24 heteroatoms. The summed E-state index contributed by atoms with van der Waals surface area (Å²) in [5, 5.41) is 43.1. The number of carbonyl (C=O) groups excluding carboxylic acids is 2. The van der Waals surface area contributed by atoms with E-state index in [4.69, 9.17) is 63.1 Å². The highest BCUT2D eigenvalue weighted by Gasteiger charge is 2.67. The van der Waals surface area contributed by atoms with E-state index in [1.54, 1.807) is 14.2 Å². The maximum Gasteiger partial charge on any atom is 0.335 e. The standard InChI is InChI=1S/2C21H31NO3.C18H25NO2.2C18H23NO2.C4H6O6.ClH/c2*1-13-6-7-14-12-16(22(3)4)15-8-9-17(24-11-10-23-5)20-21(15,2)18(14)19(13)25-20;3*1-10-5-6-11-9-13(19(3)4)12-7-8-14(20)17-18(12,2)15(11)16(10)21-17;5-1(3(7)8)2(6)4(9)10;/h2*6-7,15-17,20H,8-12H2,1-5H3;5-6,12-14,17,20H,7-9H2,1-4H3;2*5-6,12-13,17H,7-9H2,1-4H3;1-2,5-6H,(H,7,8)(H,9,10);1H/t2*15?,16-,17+,20+,21+;12?,13-,14+,17+,18+;2*12?,13-,17+,18+;;/m11111../s1. The number of methoxy groups -OCH3 is 2. The highest BCUT2D eigenvalue weighted by atomic mass is 35.5. The topological polar surface area (TPSA) is 269 Å². The van der Waals surface area contributed by atoms with Crippen molar-refractivity contribution in [1.29, 1.82) is 0 Å². The number of hydrogen-bond donors (Lipinski definition) is 5. The number of nitrogens with zero attached hydrogens (tertiary/aromatic N) is 5. The van der Waals surface area contributed by atoms with E-state index in [-0.39, 0.29) is 99.9 Å². The molecule has 10 aliphatic carbocycles. The second-order valence-electron chi connectivity index (χ2n) is 40.6. The van der Waals surface area contributed by atoms with Crippen molar-refractivity contribution in [3.63, 3.8) is 0 Å². The van der Waals surface area contributed by atoms with Gasteiger partial charge in [-0.2, -0.15) is 0 Å². The summed E-state index contributed by atoms with van der Waals surface area (Å²) in [6.07, 6.45) is 10.3. The molecule has 0 aromatic heterocycles. The van der Waals surface area contributed by atoms with Gasteiger partial charge in [0.05, 0.1) is 44.7 Å². The Morgan fingerprint density at radius 2 is 0.629 bits per heavy atom. The van der Waals surface area contributed by atoms with E-state index in [1.165, 1.54) is 96.3 Å². The van der Waals surface area contributed by atoms with Crippen molar-refractivity contribution in [2.24, 2.45) is 29.6 Å². The van der Waals surface area contributed by atoms with Crippen LogP contribution in [0.2, 0.25) is 0 Å². The van der Waals surface area contributed by atoms with E-state index < -0.39 is 24.1 Å². The number of Topliss-reactive ketones (excluding diaryl/α,β-unsaturated/α-hetero) is 2. The van der Waals surface area contributed by atoms with Crippen LogP contribution in [0.15, 0.2) is 60.7 Å². The maximum atomic E-state index is 12.5. The molecular formula is C100H140ClN5O18. The molecule has 7 unspecified atom stereocenters. The molecule has 25 atom stereocenters. The van der Waals surface area contributed by atoms with Crippen LogP contribution in [0.4, 0.5) is 0 Å². The zero-order valence-corrected chi connectivity index (χ0v) is 78.3. The Kier molecular flexibility index (Phi) is 26.8. The van der Waals surface area contributed by atoms with Crippen molar-refractivity contribution >= 4 is 35.9 Å². The monoisotopic (exact) mass is 1730 g/mol. The van der Waals surface area contributed by atoms with E-state index in [0.29, 0.717) is 99.1 Å². The van der Waals surface area contributed by atoms with Gasteiger partial charge in [0.2, 0.25) is 0 Å². The number of rotatable bonds is 16. The molecule has 5 fully saturated rings. The van der Waals surface area contributed by atoms with Crippen molar-refractivity contribution < 1.29 is 87.3 Å². The first kappa shape index (κ1) is 93.3. The fourth-order valence-corrected chi connectivity index (χ4v) is 26.8. The van der Waals surface area contributed by atoms with Crippen molar-refractivity contribution in [1.82, 2.24) is 24.5 Å². The van der Waals surface area contributed by atoms with Crippen molar-refractivity contribution in [3.8, 4) is 28.7 Å². The Balaban J connectivity index is 0.000000123. The number of aryl methyl sites for hydroxylation is 5. The van der Waals surface area contributed by atoms with E-state index in [1.807, 2.05) is 0 Å². The molecule has 5 aromatic carbocycles. The number of ether oxygens (including phenoxy) is 9. The molecule has 5 aliphatic heterocycles. The lowest BCUT2D eigenvalue weighted by molar-refractivity contribution is -0.165. The summed E-state index contributed by atoms with van der Waals surface area (Å²) in [5.74, 6) is 5.17. The predicted octanol–water partition coefficient (Wildman–Crippen LogP) is 11.4. The van der Waals surface area contributed by atoms with Gasteiger partial charge in [-0.3, -0.25) is 9.59 Å². The predicted molar refractivity (Wildman–Crippen MR) is 478 cm³/mol. The van der Waals surface area contributed by atoms with Gasteiger partial charge in [0, 0.05) is 112 Å². The molecule has 23 nitrogen and oxygen atoms in total. The molecule has 5 aromatic rings. The third kappa shape index (κ3) is 15.1. The van der Waals surface area contributed by atoms with Gasteiger partial charge < -0.3 is 92.7 Å². The molecule has 680 valence electrons. The smallest absolute Gasteiger partial charge is 0.335 e. The van der Waals surface area contributed by atoms with Gasteiger partial charge in [-0.1, -0.05) is 95.3 Å². The Labute approximate surface area is 741 Å². The number of aliphatic hydroxyl groups excluding tert-OH is 3. The van der Waals surface area contributed by atoms with Crippen LogP contribution in [-0.2, 0) is 97.3 Å². The number of likely N-dealkylation sites (N-methyl/N-ethyl adjacent to an activating group) is 5. The summed E-state index contributed by atoms with van der Waals surface area (Å²) in [7, 11) is 25.4. The summed E-state index contributed by atoms with van der Waals surface area (Å²) >= 11 is 0. The number of aliphatic hydroxyl groups is 3. The lowest BCUT2D eigenvalue weighted by atomic mass is 9.55. The Morgan fingerprint density at radius 3 is 0.903 bits per heavy atom. The van der Waals surface area contributed by atoms with Crippen molar-refractivity contribution in [2.45, 2.75) is 284 Å². The third-order valence-electron chi connectivity index (χ3n) is 33.0. The van der Waals surface area contributed by atoms with Crippen LogP contribution in [0.25, 0.3) is 0 Å². The third-order valence-corrected chi connectivity index (χ3v) is 33.0. The summed E-state index contributed by atoms with van der Waals surface area (Å²) in [5.41, 5.74) is 20.0. The zero-order chi connectivity index (χ0) is 88.7.